The summed E-state index contributed by atoms with van der Waals surface area (Å²) in [5.41, 5.74) is 3.11. The molecule has 2 aromatic carbocycles. The maximum Gasteiger partial charge on any atom is 0.418 e. The van der Waals surface area contributed by atoms with E-state index in [4.69, 9.17) is 22.1 Å². The molecule has 0 saturated heterocycles. The second kappa shape index (κ2) is 10.3. The number of halogens is 4. The molecule has 0 aliphatic heterocycles. The van der Waals surface area contributed by atoms with E-state index < -0.39 is 29.3 Å². The van der Waals surface area contributed by atoms with Crippen LogP contribution in [0, 0.1) is 0 Å². The van der Waals surface area contributed by atoms with Crippen LogP contribution >= 0.6 is 11.6 Å². The number of alkyl halides is 3. The van der Waals surface area contributed by atoms with Crippen molar-refractivity contribution < 1.29 is 27.2 Å². The molecule has 166 valence electrons. The third-order valence-corrected chi connectivity index (χ3v) is 5.50. The summed E-state index contributed by atoms with van der Waals surface area (Å²) in [5.74, 6) is 0.636. The van der Waals surface area contributed by atoms with Gasteiger partial charge in [0.15, 0.2) is 5.60 Å². The van der Waals surface area contributed by atoms with Crippen molar-refractivity contribution in [3.63, 3.8) is 0 Å². The zero-order valence-electron chi connectivity index (χ0n) is 16.1. The van der Waals surface area contributed by atoms with Crippen molar-refractivity contribution in [1.29, 1.82) is 0 Å². The van der Waals surface area contributed by atoms with Crippen molar-refractivity contribution in [2.75, 3.05) is 29.7 Å². The van der Waals surface area contributed by atoms with E-state index in [2.05, 4.69) is 10.0 Å². The lowest BCUT2D eigenvalue weighted by atomic mass is 10.1. The molecule has 30 heavy (non-hydrogen) atoms. The normalized spacial score (nSPS) is 14.6. The summed E-state index contributed by atoms with van der Waals surface area (Å²) >= 11 is 6.09. The second-order valence-corrected chi connectivity index (χ2v) is 8.27. The van der Waals surface area contributed by atoms with Gasteiger partial charge in [-0.2, -0.15) is 13.2 Å². The number of aliphatic hydroxyl groups is 1. The number of ether oxygens (including phenoxy) is 1. The summed E-state index contributed by atoms with van der Waals surface area (Å²) in [6.07, 6.45) is -4.05. The average Bonchev–Trinajstić information content (AvgIpc) is 2.67. The van der Waals surface area contributed by atoms with Crippen LogP contribution in [0.3, 0.4) is 0 Å². The van der Waals surface area contributed by atoms with Crippen LogP contribution in [0.25, 0.3) is 0 Å². The first-order valence-electron chi connectivity index (χ1n) is 8.97. The highest BCUT2D eigenvalue weighted by molar-refractivity contribution is 7.86. The number of hydrogen-bond acceptors (Lipinski definition) is 5. The molecule has 5 N–H and O–H groups in total. The van der Waals surface area contributed by atoms with E-state index in [9.17, 15) is 22.5 Å². The van der Waals surface area contributed by atoms with Crippen LogP contribution < -0.4 is 20.5 Å². The van der Waals surface area contributed by atoms with Crippen molar-refractivity contribution in [2.45, 2.75) is 30.0 Å². The minimum absolute atomic E-state index is 0.110. The Morgan fingerprint density at radius 2 is 1.87 bits per heavy atom. The summed E-state index contributed by atoms with van der Waals surface area (Å²) in [6.45, 7) is 0.926. The molecule has 2 aromatic rings. The van der Waals surface area contributed by atoms with E-state index in [0.29, 0.717) is 36.4 Å². The molecule has 0 radical (unpaired) electrons. The van der Waals surface area contributed by atoms with Crippen molar-refractivity contribution in [3.05, 3.63) is 47.5 Å². The minimum atomic E-state index is -4.78. The number of anilines is 2. The van der Waals surface area contributed by atoms with Gasteiger partial charge in [-0.1, -0.05) is 11.6 Å². The van der Waals surface area contributed by atoms with Crippen LogP contribution in [0.1, 0.15) is 13.3 Å². The van der Waals surface area contributed by atoms with Crippen molar-refractivity contribution >= 4 is 34.0 Å². The van der Waals surface area contributed by atoms with Gasteiger partial charge in [0.1, 0.15) is 16.7 Å². The van der Waals surface area contributed by atoms with Gasteiger partial charge >= 0.3 is 6.18 Å². The average molecular weight is 466 g/mol. The first-order valence-corrected chi connectivity index (χ1v) is 10.5. The molecule has 0 saturated carbocycles. The van der Waals surface area contributed by atoms with Crippen molar-refractivity contribution in [3.8, 4) is 5.75 Å². The maximum absolute atomic E-state index is 12.7. The molecular formula is C19H23ClF3N3O3S. The van der Waals surface area contributed by atoms with Crippen LogP contribution in [0.2, 0.25) is 5.02 Å². The number of benzene rings is 2. The van der Waals surface area contributed by atoms with Gasteiger partial charge in [-0.3, -0.25) is 0 Å². The molecule has 0 aliphatic rings. The number of rotatable bonds is 10. The Balaban J connectivity index is 1.97. The second-order valence-electron chi connectivity index (χ2n) is 6.65. The van der Waals surface area contributed by atoms with Gasteiger partial charge in [0, 0.05) is 5.69 Å². The maximum atomic E-state index is 12.7. The van der Waals surface area contributed by atoms with E-state index in [-0.39, 0.29) is 10.7 Å². The summed E-state index contributed by atoms with van der Waals surface area (Å²) in [5, 5.41) is 12.1. The van der Waals surface area contributed by atoms with Gasteiger partial charge in [-0.25, -0.2) is 4.21 Å². The predicted molar refractivity (Wildman–Crippen MR) is 112 cm³/mol. The quantitative estimate of drug-likeness (QED) is 0.399. The van der Waals surface area contributed by atoms with E-state index in [1.54, 1.807) is 24.3 Å². The lowest BCUT2D eigenvalue weighted by Crippen LogP contribution is -2.47. The van der Waals surface area contributed by atoms with Gasteiger partial charge in [0.2, 0.25) is 0 Å². The number of nitrogens with two attached hydrogens (primary N) is 1. The molecular weight excluding hydrogens is 443 g/mol. The summed E-state index contributed by atoms with van der Waals surface area (Å²) in [6, 6.07) is 11.1. The third-order valence-electron chi connectivity index (χ3n) is 4.07. The minimum Gasteiger partial charge on any atom is -0.494 e. The van der Waals surface area contributed by atoms with E-state index in [1.807, 2.05) is 0 Å². The largest absolute Gasteiger partial charge is 0.494 e. The molecule has 0 aliphatic carbocycles. The fourth-order valence-corrected chi connectivity index (χ4v) is 3.28. The van der Waals surface area contributed by atoms with Gasteiger partial charge in [0.25, 0.3) is 0 Å². The Labute approximate surface area is 180 Å². The SMILES string of the molecule is C[C@@](O)(CNc1ccc(NS(=O)c2ccc(OCCCN)cc2)cc1Cl)C(F)(F)F. The Kier molecular flexibility index (Phi) is 8.36. The van der Waals surface area contributed by atoms with Crippen molar-refractivity contribution in [1.82, 2.24) is 0 Å². The summed E-state index contributed by atoms with van der Waals surface area (Å²) in [4.78, 5) is 0.501. The Hall–Kier alpha value is -2.01. The van der Waals surface area contributed by atoms with Gasteiger partial charge < -0.3 is 25.6 Å². The fraction of sp³-hybridized carbons (Fsp3) is 0.368. The van der Waals surface area contributed by atoms with Crippen LogP contribution in [-0.2, 0) is 11.0 Å². The highest BCUT2D eigenvalue weighted by Gasteiger charge is 2.49. The van der Waals surface area contributed by atoms with Gasteiger partial charge in [0.05, 0.1) is 28.8 Å². The standard InChI is InChI=1S/C19H23ClF3N3O3S/c1-18(27,19(21,22)23)12-25-17-8-3-13(11-16(17)20)26-30(28)15-6-4-14(5-7-15)29-10-2-9-24/h3-8,11,25-27H,2,9-10,12,24H2,1H3/t18-,30?/m1/s1. The lowest BCUT2D eigenvalue weighted by molar-refractivity contribution is -0.246. The summed E-state index contributed by atoms with van der Waals surface area (Å²) < 4.78 is 58.9. The first kappa shape index (κ1) is 24.3. The molecule has 0 bridgehead atoms. The topological polar surface area (TPSA) is 96.6 Å². The van der Waals surface area contributed by atoms with Crippen LogP contribution in [0.4, 0.5) is 24.5 Å². The fourth-order valence-electron chi connectivity index (χ4n) is 2.19. The van der Waals surface area contributed by atoms with Gasteiger partial charge in [-0.15, -0.1) is 0 Å². The number of hydrogen-bond donors (Lipinski definition) is 4. The van der Waals surface area contributed by atoms with Crippen LogP contribution in [-0.4, -0.2) is 40.8 Å². The zero-order valence-corrected chi connectivity index (χ0v) is 17.7. The lowest BCUT2D eigenvalue weighted by Gasteiger charge is -2.27. The molecule has 0 amide bonds. The van der Waals surface area contributed by atoms with Crippen molar-refractivity contribution in [2.24, 2.45) is 5.73 Å². The molecule has 6 nitrogen and oxygen atoms in total. The molecule has 2 atom stereocenters. The molecule has 0 spiro atoms. The first-order chi connectivity index (χ1) is 14.0. The molecule has 1 unspecified atom stereocenters. The molecule has 0 fully saturated rings. The third kappa shape index (κ3) is 6.76. The number of nitrogens with one attached hydrogen (secondary N) is 2. The zero-order chi connectivity index (χ0) is 22.4. The smallest absolute Gasteiger partial charge is 0.418 e. The highest BCUT2D eigenvalue weighted by Crippen LogP contribution is 2.32. The Morgan fingerprint density at radius 3 is 2.43 bits per heavy atom. The predicted octanol–water partition coefficient (Wildman–Crippen LogP) is 3.93. The van der Waals surface area contributed by atoms with E-state index in [0.717, 1.165) is 6.42 Å². The summed E-state index contributed by atoms with van der Waals surface area (Å²) in [7, 11) is -1.59. The Morgan fingerprint density at radius 1 is 1.20 bits per heavy atom. The van der Waals surface area contributed by atoms with E-state index >= 15 is 0 Å². The molecule has 0 aromatic heterocycles. The van der Waals surface area contributed by atoms with Gasteiger partial charge in [-0.05, 0) is 62.4 Å². The molecule has 0 heterocycles. The monoisotopic (exact) mass is 465 g/mol. The van der Waals surface area contributed by atoms with Crippen LogP contribution in [0.15, 0.2) is 47.4 Å². The Bertz CT molecular complexity index is 864. The molecule has 2 rings (SSSR count). The highest BCUT2D eigenvalue weighted by atomic mass is 35.5. The van der Waals surface area contributed by atoms with E-state index in [1.165, 1.54) is 18.2 Å². The van der Waals surface area contributed by atoms with Crippen LogP contribution in [0.5, 0.6) is 5.75 Å². The molecule has 11 heteroatoms.